The molecule has 0 saturated heterocycles. The van der Waals surface area contributed by atoms with Crippen LogP contribution in [-0.2, 0) is 11.2 Å². The second-order valence-electron chi connectivity index (χ2n) is 3.65. The van der Waals surface area contributed by atoms with E-state index in [2.05, 4.69) is 16.3 Å². The van der Waals surface area contributed by atoms with Gasteiger partial charge in [-0.3, -0.25) is 4.79 Å². The van der Waals surface area contributed by atoms with Crippen LogP contribution in [-0.4, -0.2) is 30.2 Å². The molecule has 6 heteroatoms. The molecule has 0 radical (unpaired) electrons. The Hall–Kier alpha value is -1.27. The molecule has 0 unspecified atom stereocenters. The van der Waals surface area contributed by atoms with E-state index in [4.69, 9.17) is 10.8 Å². The topological polar surface area (TPSA) is 88.0 Å². The summed E-state index contributed by atoms with van der Waals surface area (Å²) in [6.45, 7) is 1.23. The van der Waals surface area contributed by atoms with Gasteiger partial charge in [0.2, 0.25) is 0 Å². The van der Waals surface area contributed by atoms with Crippen LogP contribution < -0.4 is 5.73 Å². The predicted octanol–water partition coefficient (Wildman–Crippen LogP) is 1.93. The van der Waals surface area contributed by atoms with Crippen LogP contribution in [0.4, 0.5) is 0 Å². The first-order chi connectivity index (χ1) is 8.20. The van der Waals surface area contributed by atoms with E-state index in [0.717, 1.165) is 6.42 Å². The highest BCUT2D eigenvalue weighted by atomic mass is 32.1. The van der Waals surface area contributed by atoms with Crippen LogP contribution in [0.1, 0.15) is 17.7 Å². The Morgan fingerprint density at radius 2 is 2.24 bits per heavy atom. The van der Waals surface area contributed by atoms with Gasteiger partial charge in [-0.1, -0.05) is 6.07 Å². The first-order valence-corrected chi connectivity index (χ1v) is 6.42. The summed E-state index contributed by atoms with van der Waals surface area (Å²) in [5, 5.41) is 18.6. The van der Waals surface area contributed by atoms with E-state index in [9.17, 15) is 4.79 Å². The third kappa shape index (κ3) is 6.13. The van der Waals surface area contributed by atoms with Crippen molar-refractivity contribution in [2.45, 2.75) is 25.3 Å². The Morgan fingerprint density at radius 3 is 2.88 bits per heavy atom. The number of thiophene rings is 1. The summed E-state index contributed by atoms with van der Waals surface area (Å²) < 4.78 is 0. The van der Waals surface area contributed by atoms with Crippen LogP contribution in [0.2, 0.25) is 0 Å². The van der Waals surface area contributed by atoms with Gasteiger partial charge in [-0.05, 0) is 24.3 Å². The van der Waals surface area contributed by atoms with Crippen molar-refractivity contribution in [1.82, 2.24) is 0 Å². The van der Waals surface area contributed by atoms with Gasteiger partial charge in [-0.15, -0.1) is 11.3 Å². The molecule has 1 rings (SSSR count). The molecule has 3 N–H and O–H groups in total. The standard InChI is InChI=1S/C11H17N3O2S/c12-10(11(15)16)4-1-6-13-14-7-5-9-3-2-8-17-9/h2-3,8,10H,1,4-7,12H2,(H,15,16)/t10-/m0/s1. The van der Waals surface area contributed by atoms with E-state index in [1.807, 2.05) is 11.4 Å². The molecule has 0 aliphatic carbocycles. The fourth-order valence-corrected chi connectivity index (χ4v) is 1.96. The summed E-state index contributed by atoms with van der Waals surface area (Å²) in [6, 6.07) is 3.31. The summed E-state index contributed by atoms with van der Waals surface area (Å²) >= 11 is 1.71. The van der Waals surface area contributed by atoms with Gasteiger partial charge in [-0.2, -0.15) is 10.2 Å². The van der Waals surface area contributed by atoms with Crippen LogP contribution in [0.5, 0.6) is 0 Å². The molecule has 0 saturated carbocycles. The molecule has 0 fully saturated rings. The van der Waals surface area contributed by atoms with Crippen LogP contribution >= 0.6 is 11.3 Å². The molecule has 0 aliphatic heterocycles. The first-order valence-electron chi connectivity index (χ1n) is 5.54. The minimum absolute atomic E-state index is 0.444. The van der Waals surface area contributed by atoms with Crippen molar-refractivity contribution < 1.29 is 9.90 Å². The zero-order valence-corrected chi connectivity index (χ0v) is 10.4. The molecule has 1 aromatic heterocycles. The Labute approximate surface area is 104 Å². The number of nitrogens with two attached hydrogens (primary N) is 1. The number of aliphatic carboxylic acids is 1. The first kappa shape index (κ1) is 13.8. The van der Waals surface area contributed by atoms with E-state index >= 15 is 0 Å². The number of carboxylic acid groups (broad SMARTS) is 1. The quantitative estimate of drug-likeness (QED) is 0.549. The molecule has 0 bridgehead atoms. The smallest absolute Gasteiger partial charge is 0.320 e. The number of carbonyl (C=O) groups is 1. The van der Waals surface area contributed by atoms with Gasteiger partial charge < -0.3 is 10.8 Å². The maximum atomic E-state index is 10.4. The summed E-state index contributed by atoms with van der Waals surface area (Å²) in [7, 11) is 0. The Kier molecular flexibility index (Phi) is 6.42. The molecule has 0 aromatic carbocycles. The second kappa shape index (κ2) is 7.92. The van der Waals surface area contributed by atoms with E-state index < -0.39 is 12.0 Å². The molecule has 0 aliphatic rings. The lowest BCUT2D eigenvalue weighted by Gasteiger charge is -2.02. The molecule has 1 atom stereocenters. The average molecular weight is 255 g/mol. The van der Waals surface area contributed by atoms with Crippen molar-refractivity contribution >= 4 is 17.3 Å². The Bertz CT molecular complexity index is 352. The monoisotopic (exact) mass is 255 g/mol. The van der Waals surface area contributed by atoms with Crippen molar-refractivity contribution in [2.24, 2.45) is 16.0 Å². The molecule has 17 heavy (non-hydrogen) atoms. The number of hydrogen-bond donors (Lipinski definition) is 2. The molecule has 0 amide bonds. The van der Waals surface area contributed by atoms with Crippen molar-refractivity contribution in [3.63, 3.8) is 0 Å². The van der Waals surface area contributed by atoms with Gasteiger partial charge in [0.25, 0.3) is 0 Å². The maximum absolute atomic E-state index is 10.4. The molecular formula is C11H17N3O2S. The van der Waals surface area contributed by atoms with Crippen LogP contribution in [0, 0.1) is 0 Å². The minimum Gasteiger partial charge on any atom is -0.480 e. The van der Waals surface area contributed by atoms with Crippen LogP contribution in [0.25, 0.3) is 0 Å². The van der Waals surface area contributed by atoms with Gasteiger partial charge in [0, 0.05) is 11.3 Å². The largest absolute Gasteiger partial charge is 0.480 e. The van der Waals surface area contributed by atoms with Crippen molar-refractivity contribution in [3.8, 4) is 0 Å². The predicted molar refractivity (Wildman–Crippen MR) is 67.5 cm³/mol. The van der Waals surface area contributed by atoms with E-state index in [-0.39, 0.29) is 0 Å². The van der Waals surface area contributed by atoms with Crippen molar-refractivity contribution in [3.05, 3.63) is 22.4 Å². The molecule has 0 spiro atoms. The highest BCUT2D eigenvalue weighted by Crippen LogP contribution is 2.08. The minimum atomic E-state index is -0.959. The van der Waals surface area contributed by atoms with E-state index in [0.29, 0.717) is 25.9 Å². The molecule has 1 heterocycles. The van der Waals surface area contributed by atoms with E-state index in [1.165, 1.54) is 4.88 Å². The van der Waals surface area contributed by atoms with Gasteiger partial charge in [0.1, 0.15) is 6.04 Å². The molecule has 5 nitrogen and oxygen atoms in total. The summed E-state index contributed by atoms with van der Waals surface area (Å²) in [5.74, 6) is -0.959. The zero-order chi connectivity index (χ0) is 12.5. The van der Waals surface area contributed by atoms with Crippen molar-refractivity contribution in [2.75, 3.05) is 13.1 Å². The Morgan fingerprint density at radius 1 is 1.47 bits per heavy atom. The highest BCUT2D eigenvalue weighted by Gasteiger charge is 2.09. The number of azo groups is 1. The Balaban J connectivity index is 2.01. The van der Waals surface area contributed by atoms with Gasteiger partial charge >= 0.3 is 5.97 Å². The lowest BCUT2D eigenvalue weighted by molar-refractivity contribution is -0.138. The van der Waals surface area contributed by atoms with Crippen LogP contribution in [0.3, 0.4) is 0 Å². The number of nitrogens with zero attached hydrogens (tertiary/aromatic N) is 2. The fraction of sp³-hybridized carbons (Fsp3) is 0.545. The fourth-order valence-electron chi connectivity index (χ4n) is 1.26. The maximum Gasteiger partial charge on any atom is 0.320 e. The van der Waals surface area contributed by atoms with Gasteiger partial charge in [-0.25, -0.2) is 0 Å². The van der Waals surface area contributed by atoms with Crippen LogP contribution in [0.15, 0.2) is 27.7 Å². The molecule has 94 valence electrons. The third-order valence-electron chi connectivity index (χ3n) is 2.23. The van der Waals surface area contributed by atoms with E-state index in [1.54, 1.807) is 11.3 Å². The van der Waals surface area contributed by atoms with Gasteiger partial charge in [0.05, 0.1) is 13.1 Å². The second-order valence-corrected chi connectivity index (χ2v) is 4.68. The summed E-state index contributed by atoms with van der Waals surface area (Å²) in [6.07, 6.45) is 2.02. The number of hydrogen-bond acceptors (Lipinski definition) is 5. The molecule has 1 aromatic rings. The number of carboxylic acids is 1. The lowest BCUT2D eigenvalue weighted by Crippen LogP contribution is -2.29. The third-order valence-corrected chi connectivity index (χ3v) is 3.16. The molecular weight excluding hydrogens is 238 g/mol. The van der Waals surface area contributed by atoms with Crippen molar-refractivity contribution in [1.29, 1.82) is 0 Å². The number of rotatable bonds is 8. The summed E-state index contributed by atoms with van der Waals surface area (Å²) in [5.41, 5.74) is 5.35. The average Bonchev–Trinajstić information content (AvgIpc) is 2.80. The zero-order valence-electron chi connectivity index (χ0n) is 9.58. The highest BCUT2D eigenvalue weighted by molar-refractivity contribution is 7.09. The summed E-state index contributed by atoms with van der Waals surface area (Å²) in [4.78, 5) is 11.7. The van der Waals surface area contributed by atoms with Gasteiger partial charge in [0.15, 0.2) is 0 Å². The lowest BCUT2D eigenvalue weighted by atomic mass is 10.2. The normalized spacial score (nSPS) is 13.0. The SMILES string of the molecule is N[C@@H](CCCN=NCCc1cccs1)C(=O)O.